The Labute approximate surface area is 118 Å². The maximum absolute atomic E-state index is 12.1. The van der Waals surface area contributed by atoms with Gasteiger partial charge in [-0.2, -0.15) is 0 Å². The van der Waals surface area contributed by atoms with Crippen LogP contribution in [0.15, 0.2) is 23.1 Å². The average Bonchev–Trinajstić information content (AvgIpc) is 2.34. The standard InChI is InChI=1S/C12H19N3O4S/c1-10-5-6-11(15(16)17)9-12(10)20(18,19)13-7-4-8-14(2)3/h5-6,9,13H,4,7-8H2,1-3H3/p+1. The van der Waals surface area contributed by atoms with E-state index < -0.39 is 14.9 Å². The van der Waals surface area contributed by atoms with Crippen molar-refractivity contribution in [1.29, 1.82) is 0 Å². The molecule has 0 fully saturated rings. The zero-order valence-corrected chi connectivity index (χ0v) is 12.7. The van der Waals surface area contributed by atoms with Crippen molar-refractivity contribution in [3.63, 3.8) is 0 Å². The van der Waals surface area contributed by atoms with Crippen LogP contribution < -0.4 is 9.62 Å². The first kappa shape index (κ1) is 16.5. The summed E-state index contributed by atoms with van der Waals surface area (Å²) in [6.45, 7) is 2.77. The number of nitro groups is 1. The van der Waals surface area contributed by atoms with Crippen molar-refractivity contribution in [2.45, 2.75) is 18.2 Å². The third-order valence-corrected chi connectivity index (χ3v) is 4.42. The second-order valence-electron chi connectivity index (χ2n) is 4.92. The van der Waals surface area contributed by atoms with E-state index in [0.29, 0.717) is 18.5 Å². The smallest absolute Gasteiger partial charge is 0.270 e. The van der Waals surface area contributed by atoms with Crippen molar-refractivity contribution in [2.24, 2.45) is 0 Å². The van der Waals surface area contributed by atoms with Crippen LogP contribution in [0.2, 0.25) is 0 Å². The number of hydrogen-bond acceptors (Lipinski definition) is 4. The van der Waals surface area contributed by atoms with E-state index in [1.54, 1.807) is 6.92 Å². The third kappa shape index (κ3) is 4.55. The topological polar surface area (TPSA) is 93.8 Å². The molecular formula is C12H20N3O4S+. The molecule has 20 heavy (non-hydrogen) atoms. The van der Waals surface area contributed by atoms with E-state index in [2.05, 4.69) is 4.72 Å². The van der Waals surface area contributed by atoms with Crippen molar-refractivity contribution in [3.8, 4) is 0 Å². The zero-order valence-electron chi connectivity index (χ0n) is 11.8. The molecule has 0 radical (unpaired) electrons. The lowest BCUT2D eigenvalue weighted by Crippen LogP contribution is -3.05. The molecule has 0 saturated heterocycles. The third-order valence-electron chi connectivity index (χ3n) is 2.82. The quantitative estimate of drug-likeness (QED) is 0.411. The molecular weight excluding hydrogens is 282 g/mol. The lowest BCUT2D eigenvalue weighted by Gasteiger charge is -2.10. The lowest BCUT2D eigenvalue weighted by molar-refractivity contribution is -0.858. The summed E-state index contributed by atoms with van der Waals surface area (Å²) in [7, 11) is 0.262. The summed E-state index contributed by atoms with van der Waals surface area (Å²) in [4.78, 5) is 11.3. The average molecular weight is 302 g/mol. The highest BCUT2D eigenvalue weighted by Gasteiger charge is 2.20. The summed E-state index contributed by atoms with van der Waals surface area (Å²) in [6, 6.07) is 3.83. The SMILES string of the molecule is Cc1ccc([N+](=O)[O-])cc1S(=O)(=O)NCCC[NH+](C)C. The minimum absolute atomic E-state index is 0.0381. The minimum Gasteiger partial charge on any atom is -0.340 e. The van der Waals surface area contributed by atoms with Crippen LogP contribution in [0.1, 0.15) is 12.0 Å². The van der Waals surface area contributed by atoms with Crippen molar-refractivity contribution < 1.29 is 18.2 Å². The minimum atomic E-state index is -3.71. The number of hydrogen-bond donors (Lipinski definition) is 2. The van der Waals surface area contributed by atoms with Crippen molar-refractivity contribution in [2.75, 3.05) is 27.2 Å². The van der Waals surface area contributed by atoms with Gasteiger partial charge in [-0.3, -0.25) is 10.1 Å². The first-order valence-corrected chi connectivity index (χ1v) is 7.76. The van der Waals surface area contributed by atoms with Crippen LogP contribution in [0.5, 0.6) is 0 Å². The number of benzene rings is 1. The van der Waals surface area contributed by atoms with Gasteiger partial charge in [-0.1, -0.05) is 6.07 Å². The molecule has 0 heterocycles. The molecule has 0 aliphatic rings. The van der Waals surface area contributed by atoms with Crippen LogP contribution in [0.25, 0.3) is 0 Å². The number of rotatable bonds is 7. The fourth-order valence-corrected chi connectivity index (χ4v) is 3.05. The molecule has 0 saturated carbocycles. The van der Waals surface area contributed by atoms with Crippen LogP contribution in [-0.4, -0.2) is 40.5 Å². The van der Waals surface area contributed by atoms with Gasteiger partial charge in [-0.15, -0.1) is 0 Å². The number of nitro benzene ring substituents is 1. The number of nitrogens with one attached hydrogen (secondary N) is 2. The molecule has 0 unspecified atom stereocenters. The Balaban J connectivity index is 2.86. The molecule has 0 atom stereocenters. The Morgan fingerprint density at radius 2 is 2.00 bits per heavy atom. The molecule has 8 heteroatoms. The molecule has 1 rings (SSSR count). The Kier molecular flexibility index (Phi) is 5.61. The van der Waals surface area contributed by atoms with Gasteiger partial charge in [0.05, 0.1) is 30.5 Å². The molecule has 1 aromatic carbocycles. The second-order valence-corrected chi connectivity index (χ2v) is 6.65. The van der Waals surface area contributed by atoms with Crippen LogP contribution in [0, 0.1) is 17.0 Å². The van der Waals surface area contributed by atoms with Gasteiger partial charge in [0.15, 0.2) is 0 Å². The first-order valence-electron chi connectivity index (χ1n) is 6.28. The van der Waals surface area contributed by atoms with Gasteiger partial charge < -0.3 is 4.90 Å². The lowest BCUT2D eigenvalue weighted by atomic mass is 10.2. The molecule has 0 spiro atoms. The van der Waals surface area contributed by atoms with Crippen molar-refractivity contribution in [1.82, 2.24) is 4.72 Å². The number of non-ortho nitro benzene ring substituents is 1. The summed E-state index contributed by atoms with van der Waals surface area (Å²) in [5.74, 6) is 0. The van der Waals surface area contributed by atoms with Crippen LogP contribution >= 0.6 is 0 Å². The number of aryl methyl sites for hydroxylation is 1. The molecule has 0 bridgehead atoms. The summed E-state index contributed by atoms with van der Waals surface area (Å²) < 4.78 is 26.7. The molecule has 1 aromatic rings. The van der Waals surface area contributed by atoms with E-state index in [0.717, 1.165) is 12.6 Å². The Bertz CT molecular complexity index is 584. The Morgan fingerprint density at radius 3 is 2.55 bits per heavy atom. The summed E-state index contributed by atoms with van der Waals surface area (Å²) in [5, 5.41) is 10.7. The Hall–Kier alpha value is -1.51. The van der Waals surface area contributed by atoms with Gasteiger partial charge in [0.2, 0.25) is 10.0 Å². The zero-order chi connectivity index (χ0) is 15.3. The van der Waals surface area contributed by atoms with E-state index in [1.807, 2.05) is 14.1 Å². The molecule has 0 aliphatic carbocycles. The fourth-order valence-electron chi connectivity index (χ4n) is 1.72. The van der Waals surface area contributed by atoms with Gasteiger partial charge in [0.1, 0.15) is 0 Å². The van der Waals surface area contributed by atoms with Gasteiger partial charge >= 0.3 is 0 Å². The normalized spacial score (nSPS) is 11.8. The number of quaternary nitrogens is 1. The van der Waals surface area contributed by atoms with E-state index in [-0.39, 0.29) is 10.6 Å². The van der Waals surface area contributed by atoms with Crippen molar-refractivity contribution >= 4 is 15.7 Å². The molecule has 0 aromatic heterocycles. The molecule has 0 amide bonds. The first-order chi connectivity index (χ1) is 9.24. The van der Waals surface area contributed by atoms with Crippen molar-refractivity contribution in [3.05, 3.63) is 33.9 Å². The van der Waals surface area contributed by atoms with E-state index in [1.165, 1.54) is 17.0 Å². The monoisotopic (exact) mass is 302 g/mol. The maximum Gasteiger partial charge on any atom is 0.270 e. The fraction of sp³-hybridized carbons (Fsp3) is 0.500. The van der Waals surface area contributed by atoms with Gasteiger partial charge in [0, 0.05) is 25.1 Å². The predicted octanol–water partition coefficient (Wildman–Crippen LogP) is -0.284. The van der Waals surface area contributed by atoms with Crippen LogP contribution in [0.3, 0.4) is 0 Å². The maximum atomic E-state index is 12.1. The van der Waals surface area contributed by atoms with Gasteiger partial charge in [-0.05, 0) is 12.5 Å². The van der Waals surface area contributed by atoms with Crippen LogP contribution in [0.4, 0.5) is 5.69 Å². The number of nitrogens with zero attached hydrogens (tertiary/aromatic N) is 1. The predicted molar refractivity (Wildman–Crippen MR) is 75.3 cm³/mol. The van der Waals surface area contributed by atoms with E-state index >= 15 is 0 Å². The highest BCUT2D eigenvalue weighted by molar-refractivity contribution is 7.89. The second kappa shape index (κ2) is 6.78. The Morgan fingerprint density at radius 1 is 1.35 bits per heavy atom. The summed E-state index contributed by atoms with van der Waals surface area (Å²) in [6.07, 6.45) is 0.704. The van der Waals surface area contributed by atoms with Gasteiger partial charge in [0.25, 0.3) is 5.69 Å². The van der Waals surface area contributed by atoms with Crippen LogP contribution in [-0.2, 0) is 10.0 Å². The molecule has 2 N–H and O–H groups in total. The highest BCUT2D eigenvalue weighted by Crippen LogP contribution is 2.21. The summed E-state index contributed by atoms with van der Waals surface area (Å²) >= 11 is 0. The molecule has 112 valence electrons. The molecule has 0 aliphatic heterocycles. The van der Waals surface area contributed by atoms with Gasteiger partial charge in [-0.25, -0.2) is 13.1 Å². The molecule has 7 nitrogen and oxygen atoms in total. The number of sulfonamides is 1. The highest BCUT2D eigenvalue weighted by atomic mass is 32.2. The largest absolute Gasteiger partial charge is 0.340 e. The van der Waals surface area contributed by atoms with E-state index in [4.69, 9.17) is 0 Å². The summed E-state index contributed by atoms with van der Waals surface area (Å²) in [5.41, 5.74) is 0.259. The van der Waals surface area contributed by atoms with E-state index in [9.17, 15) is 18.5 Å².